The molecule has 0 saturated heterocycles. The maximum absolute atomic E-state index is 10.3. The van der Waals surface area contributed by atoms with Crippen molar-refractivity contribution in [1.29, 1.82) is 0 Å². The van der Waals surface area contributed by atoms with Crippen LogP contribution in [0.1, 0.15) is 84.6 Å². The molecule has 0 amide bonds. The second-order valence-corrected chi connectivity index (χ2v) is 10.5. The SMILES string of the molecule is CC(=CC(C)(C)c1ccc(O)c(C(C)(C)C)c1)c1ccc(O)c(C(C)(C)C)c1. The zero-order valence-electron chi connectivity index (χ0n) is 18.9. The van der Waals surface area contributed by atoms with Crippen LogP contribution in [0.2, 0.25) is 0 Å². The van der Waals surface area contributed by atoms with Crippen LogP contribution in [0.25, 0.3) is 5.57 Å². The predicted molar refractivity (Wildman–Crippen MR) is 120 cm³/mol. The third kappa shape index (κ3) is 4.79. The van der Waals surface area contributed by atoms with Gasteiger partial charge >= 0.3 is 0 Å². The molecule has 28 heavy (non-hydrogen) atoms. The first-order chi connectivity index (χ1) is 12.6. The van der Waals surface area contributed by atoms with Crippen molar-refractivity contribution in [2.24, 2.45) is 0 Å². The molecular formula is C26H36O2. The fourth-order valence-electron chi connectivity index (χ4n) is 3.63. The molecule has 0 heterocycles. The summed E-state index contributed by atoms with van der Waals surface area (Å²) in [6.07, 6.45) is 2.27. The normalized spacial score (nSPS) is 13.7. The Morgan fingerprint density at radius 2 is 1.18 bits per heavy atom. The predicted octanol–water partition coefficient (Wildman–Crippen LogP) is 7.07. The monoisotopic (exact) mass is 380 g/mol. The molecule has 0 aromatic heterocycles. The van der Waals surface area contributed by atoms with Crippen molar-refractivity contribution in [3.05, 3.63) is 64.7 Å². The second kappa shape index (κ2) is 7.31. The second-order valence-electron chi connectivity index (χ2n) is 10.5. The van der Waals surface area contributed by atoms with Crippen molar-refractivity contribution >= 4 is 5.57 Å². The quantitative estimate of drug-likeness (QED) is 0.597. The first kappa shape index (κ1) is 22.1. The largest absolute Gasteiger partial charge is 0.508 e. The number of hydrogen-bond acceptors (Lipinski definition) is 2. The number of allylic oxidation sites excluding steroid dienone is 2. The molecule has 0 fully saturated rings. The number of aromatic hydroxyl groups is 2. The van der Waals surface area contributed by atoms with Gasteiger partial charge in [-0.25, -0.2) is 0 Å². The van der Waals surface area contributed by atoms with Gasteiger partial charge in [0.05, 0.1) is 0 Å². The van der Waals surface area contributed by atoms with E-state index in [2.05, 4.69) is 80.5 Å². The van der Waals surface area contributed by atoms with Crippen molar-refractivity contribution in [3.8, 4) is 11.5 Å². The first-order valence-corrected chi connectivity index (χ1v) is 10.0. The lowest BCUT2D eigenvalue weighted by molar-refractivity contribution is 0.445. The van der Waals surface area contributed by atoms with Crippen LogP contribution in [-0.2, 0) is 16.2 Å². The Morgan fingerprint density at radius 3 is 1.68 bits per heavy atom. The molecule has 0 aliphatic heterocycles. The Balaban J connectivity index is 2.49. The van der Waals surface area contributed by atoms with E-state index < -0.39 is 0 Å². The van der Waals surface area contributed by atoms with E-state index in [-0.39, 0.29) is 16.2 Å². The number of phenolic OH excluding ortho intramolecular Hbond substituents is 2. The Morgan fingerprint density at radius 1 is 0.714 bits per heavy atom. The standard InChI is InChI=1S/C26H36O2/c1-17(18-10-12-22(27)20(14-18)24(2,3)4)16-26(8,9)19-11-13-23(28)21(15-19)25(5,6)7/h10-16,27-28H,1-9H3. The van der Waals surface area contributed by atoms with Gasteiger partial charge in [0.1, 0.15) is 11.5 Å². The Bertz CT molecular complexity index is 888. The van der Waals surface area contributed by atoms with E-state index in [0.29, 0.717) is 11.5 Å². The average molecular weight is 381 g/mol. The number of phenols is 2. The van der Waals surface area contributed by atoms with Crippen molar-refractivity contribution in [2.45, 2.75) is 78.6 Å². The molecule has 0 aliphatic carbocycles. The van der Waals surface area contributed by atoms with Gasteiger partial charge in [-0.05, 0) is 63.8 Å². The van der Waals surface area contributed by atoms with Gasteiger partial charge in [-0.15, -0.1) is 0 Å². The Kier molecular flexibility index (Phi) is 5.76. The van der Waals surface area contributed by atoms with E-state index in [0.717, 1.165) is 16.7 Å². The highest BCUT2D eigenvalue weighted by atomic mass is 16.3. The minimum absolute atomic E-state index is 0.117. The van der Waals surface area contributed by atoms with Crippen LogP contribution in [0.3, 0.4) is 0 Å². The third-order valence-electron chi connectivity index (χ3n) is 5.39. The fraction of sp³-hybridized carbons (Fsp3) is 0.462. The van der Waals surface area contributed by atoms with Crippen molar-refractivity contribution in [2.75, 3.05) is 0 Å². The zero-order chi connectivity index (χ0) is 21.5. The van der Waals surface area contributed by atoms with Crippen molar-refractivity contribution in [3.63, 3.8) is 0 Å². The summed E-state index contributed by atoms with van der Waals surface area (Å²) < 4.78 is 0. The molecule has 0 radical (unpaired) electrons. The molecule has 2 aromatic rings. The topological polar surface area (TPSA) is 40.5 Å². The van der Waals surface area contributed by atoms with Crippen LogP contribution in [0.5, 0.6) is 11.5 Å². The van der Waals surface area contributed by atoms with E-state index in [4.69, 9.17) is 0 Å². The van der Waals surface area contributed by atoms with E-state index in [9.17, 15) is 10.2 Å². The molecular weight excluding hydrogens is 344 g/mol. The molecule has 0 atom stereocenters. The Hall–Kier alpha value is -2.22. The van der Waals surface area contributed by atoms with Gasteiger partial charge in [-0.2, -0.15) is 0 Å². The van der Waals surface area contributed by atoms with Crippen LogP contribution in [0.15, 0.2) is 42.5 Å². The van der Waals surface area contributed by atoms with E-state index >= 15 is 0 Å². The molecule has 152 valence electrons. The molecule has 0 spiro atoms. The van der Waals surface area contributed by atoms with Crippen LogP contribution < -0.4 is 0 Å². The van der Waals surface area contributed by atoms with Gasteiger partial charge in [0.2, 0.25) is 0 Å². The Labute approximate surface area is 170 Å². The molecule has 0 bridgehead atoms. The maximum atomic E-state index is 10.3. The lowest BCUT2D eigenvalue weighted by Crippen LogP contribution is -2.18. The van der Waals surface area contributed by atoms with Gasteiger partial charge < -0.3 is 10.2 Å². The van der Waals surface area contributed by atoms with Gasteiger partial charge in [0.25, 0.3) is 0 Å². The highest BCUT2D eigenvalue weighted by Gasteiger charge is 2.24. The van der Waals surface area contributed by atoms with Crippen LogP contribution in [0.4, 0.5) is 0 Å². The molecule has 2 rings (SSSR count). The molecule has 2 N–H and O–H groups in total. The molecule has 0 saturated carbocycles. The summed E-state index contributed by atoms with van der Waals surface area (Å²) in [6.45, 7) is 19.2. The van der Waals surface area contributed by atoms with Gasteiger partial charge in [0.15, 0.2) is 0 Å². The van der Waals surface area contributed by atoms with E-state index in [1.54, 1.807) is 12.1 Å². The highest BCUT2D eigenvalue weighted by molar-refractivity contribution is 5.67. The van der Waals surface area contributed by atoms with E-state index in [1.165, 1.54) is 11.1 Å². The highest BCUT2D eigenvalue weighted by Crippen LogP contribution is 2.37. The summed E-state index contributed by atoms with van der Waals surface area (Å²) in [6, 6.07) is 11.8. The fourth-order valence-corrected chi connectivity index (χ4v) is 3.63. The van der Waals surface area contributed by atoms with Crippen LogP contribution >= 0.6 is 0 Å². The minimum Gasteiger partial charge on any atom is -0.508 e. The summed E-state index contributed by atoms with van der Waals surface area (Å²) in [4.78, 5) is 0. The van der Waals surface area contributed by atoms with Gasteiger partial charge in [0, 0.05) is 5.41 Å². The lowest BCUT2D eigenvalue weighted by atomic mass is 9.78. The number of hydrogen-bond donors (Lipinski definition) is 2. The minimum atomic E-state index is -0.197. The summed E-state index contributed by atoms with van der Waals surface area (Å²) >= 11 is 0. The van der Waals surface area contributed by atoms with Crippen molar-refractivity contribution < 1.29 is 10.2 Å². The zero-order valence-corrected chi connectivity index (χ0v) is 18.9. The lowest BCUT2D eigenvalue weighted by Gasteiger charge is -2.27. The molecule has 0 aliphatic rings. The first-order valence-electron chi connectivity index (χ1n) is 10.0. The number of rotatable bonds is 3. The summed E-state index contributed by atoms with van der Waals surface area (Å²) in [7, 11) is 0. The van der Waals surface area contributed by atoms with Crippen LogP contribution in [0, 0.1) is 0 Å². The molecule has 2 aromatic carbocycles. The summed E-state index contributed by atoms with van der Waals surface area (Å²) in [5.74, 6) is 0.692. The van der Waals surface area contributed by atoms with E-state index in [1.807, 2.05) is 12.1 Å². The molecule has 0 unspecified atom stereocenters. The third-order valence-corrected chi connectivity index (χ3v) is 5.39. The van der Waals surface area contributed by atoms with Gasteiger partial charge in [-0.1, -0.05) is 79.7 Å². The number of benzene rings is 2. The molecule has 2 nitrogen and oxygen atoms in total. The maximum Gasteiger partial charge on any atom is 0.119 e. The van der Waals surface area contributed by atoms with Crippen LogP contribution in [-0.4, -0.2) is 10.2 Å². The van der Waals surface area contributed by atoms with Gasteiger partial charge in [-0.3, -0.25) is 0 Å². The summed E-state index contributed by atoms with van der Waals surface area (Å²) in [5.41, 5.74) is 4.94. The van der Waals surface area contributed by atoms with Crippen molar-refractivity contribution in [1.82, 2.24) is 0 Å². The smallest absolute Gasteiger partial charge is 0.119 e. The average Bonchev–Trinajstić information content (AvgIpc) is 2.52. The molecule has 2 heteroatoms. The summed E-state index contributed by atoms with van der Waals surface area (Å²) in [5, 5.41) is 20.5.